The summed E-state index contributed by atoms with van der Waals surface area (Å²) in [4.78, 5) is 33.1. The molecule has 0 aliphatic heterocycles. The van der Waals surface area contributed by atoms with Crippen LogP contribution in [0.4, 0.5) is 10.8 Å². The Labute approximate surface area is 252 Å². The number of aromatic nitrogens is 1. The second-order valence-electron chi connectivity index (χ2n) is 9.24. The highest BCUT2D eigenvalue weighted by molar-refractivity contribution is 8.00. The molecule has 0 saturated carbocycles. The molecule has 0 aliphatic rings. The van der Waals surface area contributed by atoms with E-state index in [1.54, 1.807) is 25.3 Å². The molecule has 0 spiro atoms. The van der Waals surface area contributed by atoms with E-state index in [0.717, 1.165) is 26.6 Å². The Morgan fingerprint density at radius 2 is 1.48 bits per heavy atom. The number of hydrogen-bond donors (Lipinski definition) is 2. The van der Waals surface area contributed by atoms with Crippen LogP contribution in [0.1, 0.15) is 26.0 Å². The lowest BCUT2D eigenvalue weighted by Crippen LogP contribution is -2.19. The van der Waals surface area contributed by atoms with Crippen LogP contribution in [-0.4, -0.2) is 31.0 Å². The van der Waals surface area contributed by atoms with Crippen LogP contribution in [0.2, 0.25) is 0 Å². The van der Waals surface area contributed by atoms with E-state index in [0.29, 0.717) is 27.9 Å². The molecule has 0 bridgehead atoms. The summed E-state index contributed by atoms with van der Waals surface area (Å²) in [6.45, 7) is 2.00. The van der Waals surface area contributed by atoms with E-state index in [4.69, 9.17) is 14.5 Å². The fourth-order valence-electron chi connectivity index (χ4n) is 4.32. The van der Waals surface area contributed by atoms with Crippen LogP contribution in [0.15, 0.2) is 108 Å². The minimum Gasteiger partial charge on any atom is -0.493 e. The predicted molar refractivity (Wildman–Crippen MR) is 170 cm³/mol. The molecule has 5 aromatic rings. The van der Waals surface area contributed by atoms with E-state index in [9.17, 15) is 9.59 Å². The number of carbonyl (C=O) groups excluding carboxylic acids is 2. The van der Waals surface area contributed by atoms with Gasteiger partial charge in [-0.1, -0.05) is 60.7 Å². The lowest BCUT2D eigenvalue weighted by molar-refractivity contribution is -0.115. The van der Waals surface area contributed by atoms with Gasteiger partial charge in [-0.05, 0) is 55.0 Å². The Kier molecular flexibility index (Phi) is 9.21. The lowest BCUT2D eigenvalue weighted by atomic mass is 10.1. The zero-order valence-electron chi connectivity index (χ0n) is 23.3. The SMILES string of the molecule is COc1ccc(C(=O)Nc2ccc(SC(C(=O)Nc3nc(-c4ccccc4)c(C)s3)c3ccccc3)cc2)cc1OC. The normalized spacial score (nSPS) is 11.4. The van der Waals surface area contributed by atoms with Crippen LogP contribution in [0.25, 0.3) is 11.3 Å². The van der Waals surface area contributed by atoms with Gasteiger partial charge in [0.15, 0.2) is 16.6 Å². The monoisotopic (exact) mass is 595 g/mol. The van der Waals surface area contributed by atoms with Gasteiger partial charge >= 0.3 is 0 Å². The summed E-state index contributed by atoms with van der Waals surface area (Å²) >= 11 is 2.89. The minimum atomic E-state index is -0.511. The van der Waals surface area contributed by atoms with Crippen LogP contribution < -0.4 is 20.1 Å². The van der Waals surface area contributed by atoms with E-state index >= 15 is 0 Å². The number of aryl methyl sites for hydroxylation is 1. The van der Waals surface area contributed by atoms with E-state index in [-0.39, 0.29) is 11.8 Å². The van der Waals surface area contributed by atoms with Crippen molar-refractivity contribution in [2.75, 3.05) is 24.9 Å². The van der Waals surface area contributed by atoms with E-state index in [1.165, 1.54) is 30.2 Å². The van der Waals surface area contributed by atoms with Gasteiger partial charge in [0.2, 0.25) is 5.91 Å². The van der Waals surface area contributed by atoms with Gasteiger partial charge in [0, 0.05) is 26.6 Å². The quantitative estimate of drug-likeness (QED) is 0.160. The standard InChI is InChI=1S/C33H29N3O4S2/c1-21-29(22-10-6-4-7-11-22)35-33(41-21)36-32(38)30(23-12-8-5-9-13-23)42-26-17-15-25(16-18-26)34-31(37)24-14-19-27(39-2)28(20-24)40-3/h4-20,30H,1-3H3,(H,34,37)(H,35,36,38). The summed E-state index contributed by atoms with van der Waals surface area (Å²) in [5.74, 6) is 0.595. The maximum absolute atomic E-state index is 13.6. The van der Waals surface area contributed by atoms with Crippen molar-refractivity contribution in [3.63, 3.8) is 0 Å². The molecule has 1 atom stereocenters. The smallest absolute Gasteiger partial charge is 0.255 e. The highest BCUT2D eigenvalue weighted by atomic mass is 32.2. The molecule has 9 heteroatoms. The van der Waals surface area contributed by atoms with Gasteiger partial charge in [-0.2, -0.15) is 0 Å². The first kappa shape index (κ1) is 28.9. The lowest BCUT2D eigenvalue weighted by Gasteiger charge is -2.16. The number of hydrogen-bond acceptors (Lipinski definition) is 7. The van der Waals surface area contributed by atoms with Crippen LogP contribution in [0.5, 0.6) is 11.5 Å². The Morgan fingerprint density at radius 1 is 0.810 bits per heavy atom. The molecule has 7 nitrogen and oxygen atoms in total. The molecule has 1 unspecified atom stereocenters. The van der Waals surface area contributed by atoms with Gasteiger partial charge in [0.05, 0.1) is 19.9 Å². The molecular formula is C33H29N3O4S2. The molecule has 2 N–H and O–H groups in total. The maximum Gasteiger partial charge on any atom is 0.255 e. The van der Waals surface area contributed by atoms with Crippen molar-refractivity contribution in [3.05, 3.63) is 119 Å². The van der Waals surface area contributed by atoms with E-state index in [2.05, 4.69) is 10.6 Å². The maximum atomic E-state index is 13.6. The number of methoxy groups -OCH3 is 2. The number of benzene rings is 4. The number of rotatable bonds is 10. The van der Waals surface area contributed by atoms with Crippen molar-refractivity contribution in [1.29, 1.82) is 0 Å². The van der Waals surface area contributed by atoms with Gasteiger partial charge in [-0.15, -0.1) is 23.1 Å². The Hall–Kier alpha value is -4.60. The molecule has 0 saturated heterocycles. The molecule has 1 heterocycles. The molecule has 212 valence electrons. The van der Waals surface area contributed by atoms with Crippen molar-refractivity contribution < 1.29 is 19.1 Å². The Morgan fingerprint density at radius 3 is 2.14 bits per heavy atom. The second kappa shape index (κ2) is 13.4. The molecule has 4 aromatic carbocycles. The number of thioether (sulfide) groups is 1. The van der Waals surface area contributed by atoms with Gasteiger partial charge in [-0.25, -0.2) is 4.98 Å². The highest BCUT2D eigenvalue weighted by Gasteiger charge is 2.24. The topological polar surface area (TPSA) is 89.5 Å². The number of nitrogens with one attached hydrogen (secondary N) is 2. The van der Waals surface area contributed by atoms with Gasteiger partial charge in [0.1, 0.15) is 5.25 Å². The van der Waals surface area contributed by atoms with Crippen molar-refractivity contribution in [2.45, 2.75) is 17.1 Å². The first-order chi connectivity index (χ1) is 20.4. The number of nitrogens with zero attached hydrogens (tertiary/aromatic N) is 1. The largest absolute Gasteiger partial charge is 0.493 e. The third-order valence-corrected chi connectivity index (χ3v) is 8.58. The fourth-order valence-corrected chi connectivity index (χ4v) is 6.18. The summed E-state index contributed by atoms with van der Waals surface area (Å²) in [5.41, 5.74) is 3.83. The van der Waals surface area contributed by atoms with Crippen LogP contribution in [-0.2, 0) is 4.79 Å². The molecule has 0 radical (unpaired) electrons. The summed E-state index contributed by atoms with van der Waals surface area (Å²) in [5, 5.41) is 5.99. The summed E-state index contributed by atoms with van der Waals surface area (Å²) in [6, 6.07) is 32.0. The average Bonchev–Trinajstić information content (AvgIpc) is 3.40. The summed E-state index contributed by atoms with van der Waals surface area (Å²) in [6.07, 6.45) is 0. The predicted octanol–water partition coefficient (Wildman–Crippen LogP) is 7.86. The molecule has 1 aromatic heterocycles. The fraction of sp³-hybridized carbons (Fsp3) is 0.121. The Balaban J connectivity index is 1.30. The molecular weight excluding hydrogens is 567 g/mol. The zero-order valence-corrected chi connectivity index (χ0v) is 24.9. The van der Waals surface area contributed by atoms with Crippen LogP contribution in [0, 0.1) is 6.92 Å². The third kappa shape index (κ3) is 6.82. The summed E-state index contributed by atoms with van der Waals surface area (Å²) < 4.78 is 10.6. The summed E-state index contributed by atoms with van der Waals surface area (Å²) in [7, 11) is 3.07. The molecule has 0 fully saturated rings. The number of anilines is 2. The van der Waals surface area contributed by atoms with Crippen molar-refractivity contribution in [1.82, 2.24) is 4.98 Å². The van der Waals surface area contributed by atoms with Gasteiger partial charge in [0.25, 0.3) is 5.91 Å². The van der Waals surface area contributed by atoms with Crippen molar-refractivity contribution >= 4 is 45.7 Å². The first-order valence-electron chi connectivity index (χ1n) is 13.1. The molecule has 42 heavy (non-hydrogen) atoms. The number of ether oxygens (including phenoxy) is 2. The molecule has 5 rings (SSSR count). The van der Waals surface area contributed by atoms with Gasteiger partial charge in [-0.3, -0.25) is 9.59 Å². The van der Waals surface area contributed by atoms with Gasteiger partial charge < -0.3 is 20.1 Å². The van der Waals surface area contributed by atoms with Crippen LogP contribution >= 0.6 is 23.1 Å². The third-order valence-electron chi connectivity index (χ3n) is 6.43. The molecule has 2 amide bonds. The molecule has 0 aliphatic carbocycles. The van der Waals surface area contributed by atoms with Crippen LogP contribution in [0.3, 0.4) is 0 Å². The van der Waals surface area contributed by atoms with Crippen molar-refractivity contribution in [3.8, 4) is 22.8 Å². The minimum absolute atomic E-state index is 0.162. The van der Waals surface area contributed by atoms with E-state index < -0.39 is 5.25 Å². The van der Waals surface area contributed by atoms with Crippen molar-refractivity contribution in [2.24, 2.45) is 0 Å². The van der Waals surface area contributed by atoms with E-state index in [1.807, 2.05) is 91.9 Å². The number of thiazole rings is 1. The number of carbonyl (C=O) groups is 2. The average molecular weight is 596 g/mol. The first-order valence-corrected chi connectivity index (χ1v) is 14.8. The zero-order chi connectivity index (χ0) is 29.5. The Bertz CT molecular complexity index is 1670. The highest BCUT2D eigenvalue weighted by Crippen LogP contribution is 2.38. The number of amides is 2. The second-order valence-corrected chi connectivity index (χ2v) is 11.6.